The van der Waals surface area contributed by atoms with Crippen LogP contribution in [-0.2, 0) is 16.1 Å². The van der Waals surface area contributed by atoms with Crippen molar-refractivity contribution in [3.63, 3.8) is 0 Å². The third-order valence-corrected chi connectivity index (χ3v) is 4.56. The lowest BCUT2D eigenvalue weighted by Gasteiger charge is -2.36. The maximum atomic E-state index is 11.9. The summed E-state index contributed by atoms with van der Waals surface area (Å²) in [6.45, 7) is 6.48. The largest absolute Gasteiger partial charge is 0.445 e. The van der Waals surface area contributed by atoms with Gasteiger partial charge in [0.05, 0.1) is 0 Å². The zero-order chi connectivity index (χ0) is 18.1. The normalized spacial score (nSPS) is 19.0. The average Bonchev–Trinajstić information content (AvgIpc) is 2.59. The molecule has 2 rings (SSSR count). The number of hydrogen-bond acceptors (Lipinski definition) is 4. The first-order chi connectivity index (χ1) is 12.1. The fourth-order valence-corrected chi connectivity index (χ4v) is 2.95. The van der Waals surface area contributed by atoms with Gasteiger partial charge in [0, 0.05) is 38.1 Å². The van der Waals surface area contributed by atoms with Crippen LogP contribution in [-0.4, -0.2) is 48.6 Å². The third-order valence-electron chi connectivity index (χ3n) is 4.56. The molecular weight excluding hydrogens is 318 g/mol. The Bertz CT molecular complexity index is 540. The van der Waals surface area contributed by atoms with Crippen LogP contribution < -0.4 is 10.6 Å². The van der Waals surface area contributed by atoms with Crippen molar-refractivity contribution in [2.45, 2.75) is 51.8 Å². The number of nitrogens with one attached hydrogen (secondary N) is 2. The highest BCUT2D eigenvalue weighted by Crippen LogP contribution is 2.20. The number of alkyl carbamates (subject to hydrolysis) is 1. The quantitative estimate of drug-likeness (QED) is 0.719. The Hall–Kier alpha value is -2.08. The van der Waals surface area contributed by atoms with Gasteiger partial charge >= 0.3 is 6.09 Å². The summed E-state index contributed by atoms with van der Waals surface area (Å²) in [5.41, 5.74) is 0.976. The molecule has 1 aliphatic carbocycles. The van der Waals surface area contributed by atoms with E-state index < -0.39 is 0 Å². The van der Waals surface area contributed by atoms with E-state index in [0.29, 0.717) is 19.0 Å². The molecule has 0 aliphatic heterocycles. The zero-order valence-corrected chi connectivity index (χ0v) is 15.2. The van der Waals surface area contributed by atoms with Gasteiger partial charge in [-0.25, -0.2) is 4.79 Å². The van der Waals surface area contributed by atoms with E-state index in [4.69, 9.17) is 4.74 Å². The number of hydrogen-bond donors (Lipinski definition) is 2. The molecule has 0 spiro atoms. The van der Waals surface area contributed by atoms with Crippen molar-refractivity contribution in [1.82, 2.24) is 15.5 Å². The lowest BCUT2D eigenvalue weighted by atomic mass is 9.87. The van der Waals surface area contributed by atoms with Crippen LogP contribution in [0.2, 0.25) is 0 Å². The van der Waals surface area contributed by atoms with Crippen LogP contribution in [0, 0.1) is 0 Å². The number of rotatable bonds is 9. The SMILES string of the molecule is CCN(CC)C(=O)CCNC1CC(NC(=O)OCc2ccccc2)C1. The minimum absolute atomic E-state index is 0.152. The van der Waals surface area contributed by atoms with Crippen molar-refractivity contribution in [3.8, 4) is 0 Å². The van der Waals surface area contributed by atoms with Gasteiger partial charge in [0.15, 0.2) is 0 Å². The topological polar surface area (TPSA) is 70.7 Å². The highest BCUT2D eigenvalue weighted by Gasteiger charge is 2.30. The van der Waals surface area contributed by atoms with Gasteiger partial charge in [0.25, 0.3) is 0 Å². The molecule has 0 radical (unpaired) electrons. The highest BCUT2D eigenvalue weighted by molar-refractivity contribution is 5.76. The Morgan fingerprint density at radius 2 is 1.80 bits per heavy atom. The second-order valence-electron chi connectivity index (χ2n) is 6.34. The van der Waals surface area contributed by atoms with E-state index in [2.05, 4.69) is 10.6 Å². The predicted octanol–water partition coefficient (Wildman–Crippen LogP) is 2.29. The molecule has 1 aromatic rings. The third kappa shape index (κ3) is 6.38. The van der Waals surface area contributed by atoms with Gasteiger partial charge in [0.2, 0.25) is 5.91 Å². The first-order valence-corrected chi connectivity index (χ1v) is 9.10. The van der Waals surface area contributed by atoms with Gasteiger partial charge in [-0.3, -0.25) is 4.79 Å². The van der Waals surface area contributed by atoms with Crippen LogP contribution in [0.25, 0.3) is 0 Å². The zero-order valence-electron chi connectivity index (χ0n) is 15.2. The first-order valence-electron chi connectivity index (χ1n) is 9.10. The van der Waals surface area contributed by atoms with Crippen molar-refractivity contribution >= 4 is 12.0 Å². The van der Waals surface area contributed by atoms with Crippen LogP contribution >= 0.6 is 0 Å². The summed E-state index contributed by atoms with van der Waals surface area (Å²) in [5.74, 6) is 0.191. The number of ether oxygens (including phenoxy) is 1. The number of amides is 2. The first kappa shape index (κ1) is 19.2. The van der Waals surface area contributed by atoms with E-state index in [-0.39, 0.29) is 24.6 Å². The molecular formula is C19H29N3O3. The molecule has 1 saturated carbocycles. The maximum Gasteiger partial charge on any atom is 0.407 e. The van der Waals surface area contributed by atoms with Crippen molar-refractivity contribution in [1.29, 1.82) is 0 Å². The van der Waals surface area contributed by atoms with Crippen LogP contribution in [0.4, 0.5) is 4.79 Å². The van der Waals surface area contributed by atoms with Gasteiger partial charge in [-0.05, 0) is 32.3 Å². The summed E-state index contributed by atoms with van der Waals surface area (Å²) in [4.78, 5) is 25.5. The second-order valence-corrected chi connectivity index (χ2v) is 6.34. The minimum atomic E-state index is -0.371. The van der Waals surface area contributed by atoms with Gasteiger partial charge in [-0.2, -0.15) is 0 Å². The van der Waals surface area contributed by atoms with Gasteiger partial charge in [-0.15, -0.1) is 0 Å². The molecule has 0 unspecified atom stereocenters. The predicted molar refractivity (Wildman–Crippen MR) is 97.1 cm³/mol. The summed E-state index contributed by atoms with van der Waals surface area (Å²) in [5, 5.41) is 6.25. The Labute approximate surface area is 149 Å². The Morgan fingerprint density at radius 1 is 1.12 bits per heavy atom. The molecule has 6 heteroatoms. The van der Waals surface area contributed by atoms with Gasteiger partial charge in [0.1, 0.15) is 6.61 Å². The summed E-state index contributed by atoms with van der Waals surface area (Å²) in [6.07, 6.45) is 1.90. The van der Waals surface area contributed by atoms with Crippen LogP contribution in [0.15, 0.2) is 30.3 Å². The van der Waals surface area contributed by atoms with Crippen LogP contribution in [0.3, 0.4) is 0 Å². The summed E-state index contributed by atoms with van der Waals surface area (Å²) >= 11 is 0. The van der Waals surface area contributed by atoms with Crippen molar-refractivity contribution in [2.24, 2.45) is 0 Å². The molecule has 0 atom stereocenters. The maximum absolute atomic E-state index is 11.9. The molecule has 0 saturated heterocycles. The number of benzene rings is 1. The smallest absolute Gasteiger partial charge is 0.407 e. The van der Waals surface area contributed by atoms with E-state index in [1.54, 1.807) is 0 Å². The van der Waals surface area contributed by atoms with Gasteiger partial charge in [-0.1, -0.05) is 30.3 Å². The van der Waals surface area contributed by atoms with Crippen molar-refractivity contribution in [3.05, 3.63) is 35.9 Å². The fraction of sp³-hybridized carbons (Fsp3) is 0.579. The minimum Gasteiger partial charge on any atom is -0.445 e. The molecule has 2 N–H and O–H groups in total. The molecule has 0 heterocycles. The fourth-order valence-electron chi connectivity index (χ4n) is 2.95. The molecule has 0 aromatic heterocycles. The number of carbonyl (C=O) groups is 2. The molecule has 1 aromatic carbocycles. The number of nitrogens with zero attached hydrogens (tertiary/aromatic N) is 1. The molecule has 1 aliphatic rings. The van der Waals surface area contributed by atoms with E-state index in [9.17, 15) is 9.59 Å². The summed E-state index contributed by atoms with van der Waals surface area (Å²) in [6, 6.07) is 10.1. The van der Waals surface area contributed by atoms with E-state index in [1.807, 2.05) is 49.1 Å². The summed E-state index contributed by atoms with van der Waals surface area (Å²) < 4.78 is 5.21. The monoisotopic (exact) mass is 347 g/mol. The van der Waals surface area contributed by atoms with Crippen molar-refractivity contribution in [2.75, 3.05) is 19.6 Å². The molecule has 138 valence electrons. The number of carbonyl (C=O) groups excluding carboxylic acids is 2. The van der Waals surface area contributed by atoms with E-state index in [1.165, 1.54) is 0 Å². The standard InChI is InChI=1S/C19H29N3O3/c1-3-22(4-2)18(23)10-11-20-16-12-17(13-16)21-19(24)25-14-15-8-6-5-7-9-15/h5-9,16-17,20H,3-4,10-14H2,1-2H3,(H,21,24). The Balaban J connectivity index is 1.53. The lowest BCUT2D eigenvalue weighted by molar-refractivity contribution is -0.130. The van der Waals surface area contributed by atoms with E-state index in [0.717, 1.165) is 31.5 Å². The molecule has 1 fully saturated rings. The lowest BCUT2D eigenvalue weighted by Crippen LogP contribution is -2.52. The summed E-state index contributed by atoms with van der Waals surface area (Å²) in [7, 11) is 0. The molecule has 6 nitrogen and oxygen atoms in total. The molecule has 0 bridgehead atoms. The Kier molecular flexibility index (Phi) is 7.73. The van der Waals surface area contributed by atoms with Crippen molar-refractivity contribution < 1.29 is 14.3 Å². The molecule has 25 heavy (non-hydrogen) atoms. The molecule has 2 amide bonds. The van der Waals surface area contributed by atoms with E-state index >= 15 is 0 Å². The van der Waals surface area contributed by atoms with Gasteiger partial charge < -0.3 is 20.3 Å². The highest BCUT2D eigenvalue weighted by atomic mass is 16.5. The van der Waals surface area contributed by atoms with Crippen LogP contribution in [0.1, 0.15) is 38.7 Å². The second kappa shape index (κ2) is 10.0. The van der Waals surface area contributed by atoms with Crippen LogP contribution in [0.5, 0.6) is 0 Å². The Morgan fingerprint density at radius 3 is 2.44 bits per heavy atom. The average molecular weight is 347 g/mol.